The topological polar surface area (TPSA) is 165 Å². The number of hydrogen-bond donors (Lipinski definition) is 3. The summed E-state index contributed by atoms with van der Waals surface area (Å²) in [6.45, 7) is 5.23. The van der Waals surface area contributed by atoms with Gasteiger partial charge in [-0.2, -0.15) is 26.3 Å². The van der Waals surface area contributed by atoms with Gasteiger partial charge in [0.05, 0.1) is 29.5 Å². The lowest BCUT2D eigenvalue weighted by molar-refractivity contribution is -0.143. The van der Waals surface area contributed by atoms with Crippen molar-refractivity contribution in [1.29, 1.82) is 0 Å². The van der Waals surface area contributed by atoms with Crippen LogP contribution in [0, 0.1) is 5.82 Å². The molecule has 6 aromatic carbocycles. The summed E-state index contributed by atoms with van der Waals surface area (Å²) >= 11 is 0. The highest BCUT2D eigenvalue weighted by Crippen LogP contribution is 2.48. The van der Waals surface area contributed by atoms with Crippen LogP contribution in [-0.2, 0) is 53.6 Å². The van der Waals surface area contributed by atoms with Crippen LogP contribution in [0.2, 0.25) is 0 Å². The van der Waals surface area contributed by atoms with Crippen molar-refractivity contribution in [2.24, 2.45) is 0 Å². The van der Waals surface area contributed by atoms with Crippen molar-refractivity contribution in [3.8, 4) is 11.1 Å². The van der Waals surface area contributed by atoms with Gasteiger partial charge in [-0.3, -0.25) is 24.5 Å². The maximum atomic E-state index is 14.2. The second-order valence-corrected chi connectivity index (χ2v) is 25.5. The van der Waals surface area contributed by atoms with Gasteiger partial charge < -0.3 is 49.3 Å². The van der Waals surface area contributed by atoms with Crippen molar-refractivity contribution in [2.75, 3.05) is 110 Å². The number of ether oxygens (including phenoxy) is 3. The van der Waals surface area contributed by atoms with Crippen LogP contribution in [0.15, 0.2) is 146 Å². The standard InChI is InChI=1S/C73H83F7N8O8.3ClH/c1-84(36-13-35-82-67(91)52-21-27-59(28-22-52)81-34-12-4-7-20-65(89)85(2)42-43-86-37-29-60(30-38-86)96-69(93)83-63-19-11-9-17-61(63)51-14-5-3-6-15-51)66(90)48-94-64-46-53-16-8-10-18-62(53)70(64)31-39-87(40-32-70)41-33-71(55-23-25-58(74)26-24-55)49-88(50-95-71)68(92)54-44-56(72(75,76)77)47-57(45-54)73(78,79)80;;;/h3,5-6,8-11,14-19,21-28,44-45,47,60,64,81H,4,7,12-13,20,29-43,46,48-50H2,1-2H3,(H,82,91)(H,83,93);3*1H/t64-,71+;;;/m0.../s1. The number of fused-ring (bicyclic) bond motifs is 2. The second-order valence-electron chi connectivity index (χ2n) is 25.5. The Kier molecular flexibility index (Phi) is 28.4. The van der Waals surface area contributed by atoms with Crippen molar-refractivity contribution in [2.45, 2.75) is 106 Å². The first-order chi connectivity index (χ1) is 46.1. The first kappa shape index (κ1) is 78.8. The van der Waals surface area contributed by atoms with Crippen LogP contribution in [0.3, 0.4) is 0 Å². The Morgan fingerprint density at radius 1 is 0.657 bits per heavy atom. The summed E-state index contributed by atoms with van der Waals surface area (Å²) in [7, 11) is 3.55. The number of piperidine rings is 2. The Morgan fingerprint density at radius 3 is 1.98 bits per heavy atom. The third kappa shape index (κ3) is 20.6. The molecule has 0 aromatic heterocycles. The van der Waals surface area contributed by atoms with E-state index >= 15 is 0 Å². The quantitative estimate of drug-likeness (QED) is 0.0350. The number of para-hydroxylation sites is 1. The lowest BCUT2D eigenvalue weighted by Gasteiger charge is -2.44. The highest BCUT2D eigenvalue weighted by Gasteiger charge is 2.50. The van der Waals surface area contributed by atoms with Gasteiger partial charge in [0, 0.05) is 101 Å². The van der Waals surface area contributed by atoms with Gasteiger partial charge in [0.25, 0.3) is 11.8 Å². The van der Waals surface area contributed by atoms with E-state index in [0.717, 1.165) is 84.6 Å². The molecular weight excluding hydrogens is 1360 g/mol. The van der Waals surface area contributed by atoms with Crippen molar-refractivity contribution >= 4 is 78.3 Å². The van der Waals surface area contributed by atoms with Crippen LogP contribution in [0.4, 0.5) is 46.9 Å². The van der Waals surface area contributed by atoms with Gasteiger partial charge in [0.15, 0.2) is 0 Å². The Morgan fingerprint density at radius 2 is 1.29 bits per heavy atom. The molecule has 4 aliphatic rings. The van der Waals surface area contributed by atoms with Gasteiger partial charge in [-0.05, 0) is 154 Å². The first-order valence-corrected chi connectivity index (χ1v) is 32.9. The molecule has 3 aliphatic heterocycles. The fourth-order valence-corrected chi connectivity index (χ4v) is 13.5. The van der Waals surface area contributed by atoms with Crippen molar-refractivity contribution in [3.05, 3.63) is 190 Å². The number of likely N-dealkylation sites (tertiary alicyclic amines) is 2. The highest BCUT2D eigenvalue weighted by molar-refractivity contribution is 5.95. The van der Waals surface area contributed by atoms with Crippen LogP contribution in [-0.4, -0.2) is 166 Å². The average molecular weight is 1440 g/mol. The van der Waals surface area contributed by atoms with E-state index in [1.54, 1.807) is 29.0 Å². The van der Waals surface area contributed by atoms with Crippen molar-refractivity contribution in [3.63, 3.8) is 0 Å². The zero-order chi connectivity index (χ0) is 68.0. The number of benzene rings is 6. The predicted octanol–water partition coefficient (Wildman–Crippen LogP) is 13.9. The molecule has 3 saturated heterocycles. The number of rotatable bonds is 26. The molecule has 1 aliphatic carbocycles. The molecular formula is C73H86Cl3F7N8O8. The van der Waals surface area contributed by atoms with Crippen LogP contribution in [0.25, 0.3) is 11.1 Å². The summed E-state index contributed by atoms with van der Waals surface area (Å²) in [4.78, 5) is 75.2. The van der Waals surface area contributed by atoms with E-state index in [1.807, 2.05) is 85.9 Å². The molecule has 0 unspecified atom stereocenters. The smallest absolute Gasteiger partial charge is 0.416 e. The van der Waals surface area contributed by atoms with E-state index in [4.69, 9.17) is 14.2 Å². The van der Waals surface area contributed by atoms with Crippen LogP contribution in [0.1, 0.15) is 113 Å². The van der Waals surface area contributed by atoms with E-state index in [1.165, 1.54) is 24.3 Å². The molecule has 6 aromatic rings. The average Bonchev–Trinajstić information content (AvgIpc) is 1.60. The second kappa shape index (κ2) is 35.7. The van der Waals surface area contributed by atoms with Gasteiger partial charge in [0.1, 0.15) is 30.9 Å². The molecule has 0 radical (unpaired) electrons. The molecule has 3 N–H and O–H groups in total. The van der Waals surface area contributed by atoms with Gasteiger partial charge >= 0.3 is 18.4 Å². The molecule has 10 rings (SSSR count). The Labute approximate surface area is 591 Å². The van der Waals surface area contributed by atoms with E-state index in [2.05, 4.69) is 37.9 Å². The zero-order valence-electron chi connectivity index (χ0n) is 55.4. The number of unbranched alkanes of at least 4 members (excludes halogenated alkanes) is 2. The van der Waals surface area contributed by atoms with Crippen molar-refractivity contribution < 1.29 is 68.9 Å². The zero-order valence-corrected chi connectivity index (χ0v) is 57.8. The molecule has 99 heavy (non-hydrogen) atoms. The van der Waals surface area contributed by atoms with E-state index in [-0.39, 0.29) is 92.8 Å². The maximum Gasteiger partial charge on any atom is 0.416 e. The minimum absolute atomic E-state index is 0. The van der Waals surface area contributed by atoms with Gasteiger partial charge in [-0.1, -0.05) is 91.3 Å². The number of nitrogens with one attached hydrogen (secondary N) is 3. The fraction of sp³-hybridized carbons (Fsp3) is 0.438. The summed E-state index contributed by atoms with van der Waals surface area (Å²) in [5.41, 5.74) is 1.14. The number of likely N-dealkylation sites (N-methyl/N-ethyl adjacent to an activating group) is 2. The molecule has 26 heteroatoms. The number of nitrogens with zero attached hydrogens (tertiary/aromatic N) is 5. The van der Waals surface area contributed by atoms with E-state index in [9.17, 15) is 54.7 Å². The number of alkyl halides is 6. The first-order valence-electron chi connectivity index (χ1n) is 32.9. The Balaban J connectivity index is 0.00000459. The minimum Gasteiger partial charge on any atom is -0.446 e. The van der Waals surface area contributed by atoms with E-state index < -0.39 is 64.6 Å². The maximum absolute atomic E-state index is 14.2. The van der Waals surface area contributed by atoms with E-state index in [0.29, 0.717) is 107 Å². The Hall–Kier alpha value is -7.51. The summed E-state index contributed by atoms with van der Waals surface area (Å²) in [5.74, 6) is -1.92. The van der Waals surface area contributed by atoms with Gasteiger partial charge in [-0.25, -0.2) is 9.18 Å². The van der Waals surface area contributed by atoms with Gasteiger partial charge in [-0.15, -0.1) is 37.2 Å². The summed E-state index contributed by atoms with van der Waals surface area (Å²) in [6, 6.07) is 39.2. The highest BCUT2D eigenvalue weighted by atomic mass is 35.5. The molecule has 0 saturated carbocycles. The fourth-order valence-electron chi connectivity index (χ4n) is 13.5. The molecule has 3 fully saturated rings. The number of anilines is 2. The molecule has 3 heterocycles. The normalized spacial score (nSPS) is 17.7. The molecule has 5 amide bonds. The van der Waals surface area contributed by atoms with Crippen molar-refractivity contribution in [1.82, 2.24) is 29.8 Å². The largest absolute Gasteiger partial charge is 0.446 e. The SMILES string of the molecule is CN(CCN1CCC(OC(=O)Nc2ccccc2-c2ccccc2)CC1)C(=O)CCCCCNc1ccc(C(=O)NCCCN(C)C(=O)CO[C@H]2Cc3ccccc3C23CCN(CC[C@]2(c4ccc(F)cc4)CN(C(=O)c4cc(C(F)(F)F)cc(C(F)(F)F)c4)CO2)CC3)cc1.Cl.Cl.Cl. The third-order valence-corrected chi connectivity index (χ3v) is 19.2. The predicted molar refractivity (Wildman–Crippen MR) is 372 cm³/mol. The molecule has 1 spiro atoms. The number of carbonyl (C=O) groups excluding carboxylic acids is 5. The minimum atomic E-state index is -5.15. The van der Waals surface area contributed by atoms with Crippen LogP contribution < -0.4 is 16.0 Å². The number of halogens is 10. The molecule has 0 bridgehead atoms. The number of carbonyl (C=O) groups is 5. The van der Waals surface area contributed by atoms with Crippen LogP contribution in [0.5, 0.6) is 0 Å². The monoisotopic (exact) mass is 1440 g/mol. The lowest BCUT2D eigenvalue weighted by Crippen LogP contribution is -2.50. The molecule has 2 atom stereocenters. The molecule has 536 valence electrons. The number of hydrogen-bond acceptors (Lipinski definition) is 11. The summed E-state index contributed by atoms with van der Waals surface area (Å²) in [6.07, 6.45) is -4.05. The third-order valence-electron chi connectivity index (χ3n) is 19.2. The number of amides is 5. The summed E-state index contributed by atoms with van der Waals surface area (Å²) < 4.78 is 115. The lowest BCUT2D eigenvalue weighted by atomic mass is 9.72. The van der Waals surface area contributed by atoms with Gasteiger partial charge in [0.2, 0.25) is 11.8 Å². The Bertz CT molecular complexity index is 3610. The van der Waals surface area contributed by atoms with Crippen LogP contribution >= 0.6 is 37.2 Å². The molecule has 16 nitrogen and oxygen atoms in total. The summed E-state index contributed by atoms with van der Waals surface area (Å²) in [5, 5.41) is 9.27.